The van der Waals surface area contributed by atoms with Gasteiger partial charge in [0.05, 0.1) is 5.56 Å². The number of amides is 2. The summed E-state index contributed by atoms with van der Waals surface area (Å²) >= 11 is 0. The minimum atomic E-state index is -0.0281. The lowest BCUT2D eigenvalue weighted by molar-refractivity contribution is 0.0741. The number of carbonyl (C=O) groups excluding carboxylic acids is 2. The lowest BCUT2D eigenvalue weighted by Crippen LogP contribution is -2.39. The third-order valence-electron chi connectivity index (χ3n) is 4.46. The third-order valence-corrected chi connectivity index (χ3v) is 4.46. The van der Waals surface area contributed by atoms with Crippen LogP contribution in [0, 0.1) is 0 Å². The number of hydrogen-bond acceptors (Lipinski definition) is 3. The molecule has 6 heteroatoms. The van der Waals surface area contributed by atoms with Gasteiger partial charge in [-0.15, -0.1) is 0 Å². The third kappa shape index (κ3) is 2.68. The number of aromatic nitrogens is 1. The van der Waals surface area contributed by atoms with Crippen LogP contribution in [-0.2, 0) is 0 Å². The zero-order chi connectivity index (χ0) is 14.8. The van der Waals surface area contributed by atoms with Crippen LogP contribution in [-0.4, -0.2) is 58.8 Å². The van der Waals surface area contributed by atoms with E-state index in [0.29, 0.717) is 17.8 Å². The van der Waals surface area contributed by atoms with Crippen LogP contribution in [0.2, 0.25) is 0 Å². The molecule has 0 aromatic carbocycles. The molecule has 0 spiro atoms. The summed E-state index contributed by atoms with van der Waals surface area (Å²) < 4.78 is 0. The number of rotatable bonds is 3. The molecule has 0 saturated carbocycles. The standard InChI is InChI=1S/C15H22N4O2/c16-9-12-4-3-7-19(12)14(20)11-8-13(17-10-11)15(21)18-5-1-2-6-18/h8,10,12,17H,1-7,9,16H2. The normalized spacial score (nSPS) is 22.0. The Labute approximate surface area is 124 Å². The summed E-state index contributed by atoms with van der Waals surface area (Å²) in [5, 5.41) is 0. The SMILES string of the molecule is NCC1CCCN1C(=O)c1c[nH]c(C(=O)N2CCCC2)c1. The topological polar surface area (TPSA) is 82.4 Å². The van der Waals surface area contributed by atoms with E-state index in [1.807, 2.05) is 9.80 Å². The first-order valence-corrected chi connectivity index (χ1v) is 7.69. The maximum Gasteiger partial charge on any atom is 0.270 e. The van der Waals surface area contributed by atoms with Crippen LogP contribution in [0.15, 0.2) is 12.3 Å². The van der Waals surface area contributed by atoms with E-state index >= 15 is 0 Å². The summed E-state index contributed by atoms with van der Waals surface area (Å²) in [6.07, 6.45) is 5.72. The van der Waals surface area contributed by atoms with Crippen LogP contribution in [0.3, 0.4) is 0 Å². The van der Waals surface area contributed by atoms with Crippen LogP contribution >= 0.6 is 0 Å². The monoisotopic (exact) mass is 290 g/mol. The Balaban J connectivity index is 1.72. The highest BCUT2D eigenvalue weighted by Gasteiger charge is 2.29. The molecule has 2 aliphatic rings. The fourth-order valence-electron chi connectivity index (χ4n) is 3.25. The molecule has 114 valence electrons. The molecule has 2 amide bonds. The molecule has 2 aliphatic heterocycles. The molecule has 1 atom stereocenters. The van der Waals surface area contributed by atoms with Crippen molar-refractivity contribution < 1.29 is 9.59 Å². The van der Waals surface area contributed by atoms with E-state index in [1.165, 1.54) is 0 Å². The Kier molecular flexibility index (Phi) is 3.96. The predicted octanol–water partition coefficient (Wildman–Crippen LogP) is 0.814. The molecule has 1 aromatic heterocycles. The minimum Gasteiger partial charge on any atom is -0.356 e. The molecule has 21 heavy (non-hydrogen) atoms. The summed E-state index contributed by atoms with van der Waals surface area (Å²) in [4.78, 5) is 31.4. The van der Waals surface area contributed by atoms with Crippen molar-refractivity contribution in [1.82, 2.24) is 14.8 Å². The summed E-state index contributed by atoms with van der Waals surface area (Å²) in [5.74, 6) is -0.0389. The van der Waals surface area contributed by atoms with E-state index in [2.05, 4.69) is 4.98 Å². The lowest BCUT2D eigenvalue weighted by atomic mass is 10.2. The fourth-order valence-corrected chi connectivity index (χ4v) is 3.25. The summed E-state index contributed by atoms with van der Waals surface area (Å²) in [6, 6.07) is 1.81. The number of likely N-dealkylation sites (tertiary alicyclic amines) is 2. The number of H-pyrrole nitrogens is 1. The first-order chi connectivity index (χ1) is 10.2. The molecule has 1 unspecified atom stereocenters. The Morgan fingerprint density at radius 3 is 2.67 bits per heavy atom. The van der Waals surface area contributed by atoms with Crippen LogP contribution in [0.5, 0.6) is 0 Å². The number of nitrogens with zero attached hydrogens (tertiary/aromatic N) is 2. The van der Waals surface area contributed by atoms with Gasteiger partial charge in [0, 0.05) is 38.4 Å². The minimum absolute atomic E-state index is 0.0108. The molecule has 3 rings (SSSR count). The van der Waals surface area contributed by atoms with Crippen molar-refractivity contribution in [2.75, 3.05) is 26.2 Å². The van der Waals surface area contributed by atoms with E-state index in [9.17, 15) is 9.59 Å². The molecule has 3 heterocycles. The average Bonchev–Trinajstić information content (AvgIpc) is 3.26. The van der Waals surface area contributed by atoms with Gasteiger partial charge >= 0.3 is 0 Å². The lowest BCUT2D eigenvalue weighted by Gasteiger charge is -2.22. The second-order valence-electron chi connectivity index (χ2n) is 5.83. The average molecular weight is 290 g/mol. The number of carbonyl (C=O) groups is 2. The Hall–Kier alpha value is -1.82. The maximum absolute atomic E-state index is 12.5. The summed E-state index contributed by atoms with van der Waals surface area (Å²) in [5.41, 5.74) is 6.77. The largest absolute Gasteiger partial charge is 0.356 e. The first kappa shape index (κ1) is 14.1. The molecule has 0 bridgehead atoms. The summed E-state index contributed by atoms with van der Waals surface area (Å²) in [7, 11) is 0. The number of nitrogens with one attached hydrogen (secondary N) is 1. The van der Waals surface area contributed by atoms with Crippen molar-refractivity contribution in [1.29, 1.82) is 0 Å². The van der Waals surface area contributed by atoms with Crippen LogP contribution in [0.25, 0.3) is 0 Å². The molecule has 3 N–H and O–H groups in total. The van der Waals surface area contributed by atoms with Crippen molar-refractivity contribution in [2.24, 2.45) is 5.73 Å². The van der Waals surface area contributed by atoms with Crippen molar-refractivity contribution in [3.63, 3.8) is 0 Å². The van der Waals surface area contributed by atoms with Crippen molar-refractivity contribution in [2.45, 2.75) is 31.7 Å². The van der Waals surface area contributed by atoms with Crippen molar-refractivity contribution in [3.05, 3.63) is 23.5 Å². The van der Waals surface area contributed by atoms with Crippen LogP contribution in [0.4, 0.5) is 0 Å². The quantitative estimate of drug-likeness (QED) is 0.864. The number of aromatic amines is 1. The van der Waals surface area contributed by atoms with Crippen LogP contribution < -0.4 is 5.73 Å². The smallest absolute Gasteiger partial charge is 0.270 e. The van der Waals surface area contributed by atoms with Crippen molar-refractivity contribution >= 4 is 11.8 Å². The van der Waals surface area contributed by atoms with Gasteiger partial charge < -0.3 is 20.5 Å². The van der Waals surface area contributed by atoms with E-state index in [0.717, 1.165) is 45.3 Å². The fraction of sp³-hybridized carbons (Fsp3) is 0.600. The van der Waals surface area contributed by atoms with Gasteiger partial charge in [-0.2, -0.15) is 0 Å². The highest BCUT2D eigenvalue weighted by Crippen LogP contribution is 2.20. The van der Waals surface area contributed by atoms with E-state index < -0.39 is 0 Å². The molecular weight excluding hydrogens is 268 g/mol. The van der Waals surface area contributed by atoms with Gasteiger partial charge in [0.1, 0.15) is 5.69 Å². The molecule has 2 saturated heterocycles. The van der Waals surface area contributed by atoms with Gasteiger partial charge in [-0.25, -0.2) is 0 Å². The zero-order valence-corrected chi connectivity index (χ0v) is 12.2. The Bertz CT molecular complexity index is 534. The van der Waals surface area contributed by atoms with Crippen molar-refractivity contribution in [3.8, 4) is 0 Å². The van der Waals surface area contributed by atoms with Gasteiger partial charge in [-0.1, -0.05) is 0 Å². The Morgan fingerprint density at radius 1 is 1.19 bits per heavy atom. The van der Waals surface area contributed by atoms with Gasteiger partial charge in [-0.05, 0) is 31.7 Å². The van der Waals surface area contributed by atoms with E-state index in [1.54, 1.807) is 12.3 Å². The Morgan fingerprint density at radius 2 is 1.95 bits per heavy atom. The van der Waals surface area contributed by atoms with Crippen LogP contribution in [0.1, 0.15) is 46.5 Å². The second kappa shape index (κ2) is 5.89. The highest BCUT2D eigenvalue weighted by molar-refractivity contribution is 5.99. The molecule has 1 aromatic rings. The number of nitrogens with two attached hydrogens (primary N) is 1. The van der Waals surface area contributed by atoms with Gasteiger partial charge in [0.25, 0.3) is 11.8 Å². The zero-order valence-electron chi connectivity index (χ0n) is 12.2. The second-order valence-corrected chi connectivity index (χ2v) is 5.83. The van der Waals surface area contributed by atoms with Gasteiger partial charge in [0.2, 0.25) is 0 Å². The summed E-state index contributed by atoms with van der Waals surface area (Å²) in [6.45, 7) is 2.86. The first-order valence-electron chi connectivity index (χ1n) is 7.69. The van der Waals surface area contributed by atoms with E-state index in [-0.39, 0.29) is 17.9 Å². The predicted molar refractivity (Wildman–Crippen MR) is 79.0 cm³/mol. The molecule has 0 radical (unpaired) electrons. The maximum atomic E-state index is 12.5. The van der Waals surface area contributed by atoms with Gasteiger partial charge in [-0.3, -0.25) is 9.59 Å². The molecule has 2 fully saturated rings. The van der Waals surface area contributed by atoms with Gasteiger partial charge in [0.15, 0.2) is 0 Å². The molecule has 6 nitrogen and oxygen atoms in total. The number of hydrogen-bond donors (Lipinski definition) is 2. The van der Waals surface area contributed by atoms with E-state index in [4.69, 9.17) is 5.73 Å². The highest BCUT2D eigenvalue weighted by atomic mass is 16.2. The molecule has 0 aliphatic carbocycles. The molecular formula is C15H22N4O2.